The summed E-state index contributed by atoms with van der Waals surface area (Å²) in [4.78, 5) is 0.271. The van der Waals surface area contributed by atoms with Crippen LogP contribution < -0.4 is 10.5 Å². The first-order valence-corrected chi connectivity index (χ1v) is 8.22. The quantitative estimate of drug-likeness (QED) is 0.865. The summed E-state index contributed by atoms with van der Waals surface area (Å²) in [6, 6.07) is 5.07. The van der Waals surface area contributed by atoms with E-state index in [0.29, 0.717) is 16.9 Å². The number of sulfonamides is 1. The van der Waals surface area contributed by atoms with Crippen LogP contribution in [0.4, 0.5) is 0 Å². The van der Waals surface area contributed by atoms with Crippen molar-refractivity contribution in [3.05, 3.63) is 28.2 Å². The van der Waals surface area contributed by atoms with E-state index in [1.807, 2.05) is 6.92 Å². The van der Waals surface area contributed by atoms with Crippen LogP contribution in [0.1, 0.15) is 25.3 Å². The zero-order valence-corrected chi connectivity index (χ0v) is 12.6. The minimum atomic E-state index is -3.46. The van der Waals surface area contributed by atoms with Crippen molar-refractivity contribution in [1.29, 1.82) is 0 Å². The lowest BCUT2D eigenvalue weighted by Crippen LogP contribution is -2.34. The van der Waals surface area contributed by atoms with Crippen molar-refractivity contribution in [2.24, 2.45) is 11.7 Å². The number of hydrogen-bond donors (Lipinski definition) is 2. The molecular formula is C12H17BrN2O2S. The molecule has 1 aromatic rings. The second kappa shape index (κ2) is 5.28. The van der Waals surface area contributed by atoms with Crippen molar-refractivity contribution in [3.63, 3.8) is 0 Å². The van der Waals surface area contributed by atoms with Gasteiger partial charge in [0, 0.05) is 17.1 Å². The number of rotatable bonds is 5. The van der Waals surface area contributed by atoms with E-state index in [-0.39, 0.29) is 10.9 Å². The minimum absolute atomic E-state index is 0.00362. The topological polar surface area (TPSA) is 72.2 Å². The van der Waals surface area contributed by atoms with Crippen LogP contribution in [0.2, 0.25) is 0 Å². The van der Waals surface area contributed by atoms with Gasteiger partial charge >= 0.3 is 0 Å². The van der Waals surface area contributed by atoms with Crippen LogP contribution in [0.25, 0.3) is 0 Å². The summed E-state index contributed by atoms with van der Waals surface area (Å²) in [6.45, 7) is 2.31. The minimum Gasteiger partial charge on any atom is -0.326 e. The molecule has 6 heteroatoms. The molecule has 0 heterocycles. The average molecular weight is 333 g/mol. The van der Waals surface area contributed by atoms with Gasteiger partial charge in [-0.2, -0.15) is 0 Å². The van der Waals surface area contributed by atoms with Crippen LogP contribution in [0.3, 0.4) is 0 Å². The van der Waals surface area contributed by atoms with Crippen molar-refractivity contribution in [1.82, 2.24) is 4.72 Å². The molecule has 1 aliphatic carbocycles. The van der Waals surface area contributed by atoms with Gasteiger partial charge in [-0.05, 0) is 59.3 Å². The number of benzene rings is 1. The predicted molar refractivity (Wildman–Crippen MR) is 74.5 cm³/mol. The van der Waals surface area contributed by atoms with E-state index in [9.17, 15) is 8.42 Å². The molecule has 0 amide bonds. The van der Waals surface area contributed by atoms with Gasteiger partial charge < -0.3 is 5.73 Å². The lowest BCUT2D eigenvalue weighted by molar-refractivity contribution is 0.537. The smallest absolute Gasteiger partial charge is 0.241 e. The highest BCUT2D eigenvalue weighted by Gasteiger charge is 2.31. The molecule has 1 aromatic carbocycles. The number of halogens is 1. The first kappa shape index (κ1) is 14.0. The van der Waals surface area contributed by atoms with Crippen molar-refractivity contribution in [2.75, 3.05) is 0 Å². The first-order valence-electron chi connectivity index (χ1n) is 5.95. The van der Waals surface area contributed by atoms with Crippen LogP contribution in [0, 0.1) is 5.92 Å². The molecule has 3 N–H and O–H groups in total. The third kappa shape index (κ3) is 3.12. The van der Waals surface area contributed by atoms with Gasteiger partial charge in [0.15, 0.2) is 0 Å². The molecule has 18 heavy (non-hydrogen) atoms. The van der Waals surface area contributed by atoms with Gasteiger partial charge in [-0.15, -0.1) is 0 Å². The Morgan fingerprint density at radius 2 is 2.17 bits per heavy atom. The molecule has 0 spiro atoms. The van der Waals surface area contributed by atoms with Crippen molar-refractivity contribution in [2.45, 2.75) is 37.2 Å². The van der Waals surface area contributed by atoms with Crippen LogP contribution in [0.15, 0.2) is 27.6 Å². The van der Waals surface area contributed by atoms with Gasteiger partial charge in [0.2, 0.25) is 10.0 Å². The second-order valence-corrected chi connectivity index (χ2v) is 7.25. The van der Waals surface area contributed by atoms with Gasteiger partial charge in [0.05, 0.1) is 4.90 Å². The fraction of sp³-hybridized carbons (Fsp3) is 0.500. The standard InChI is InChI=1S/C12H17BrN2O2S/c1-8(10-3-4-10)15-18(16,17)12-5-2-9(7-14)6-11(12)13/h2,5-6,8,10,15H,3-4,7,14H2,1H3. The van der Waals surface area contributed by atoms with Crippen LogP contribution in [-0.2, 0) is 16.6 Å². The summed E-state index contributed by atoms with van der Waals surface area (Å²) in [5, 5.41) is 0. The Labute approximate surface area is 116 Å². The Balaban J connectivity index is 2.23. The summed E-state index contributed by atoms with van der Waals surface area (Å²) in [7, 11) is -3.46. The highest BCUT2D eigenvalue weighted by Crippen LogP contribution is 2.33. The van der Waals surface area contributed by atoms with Gasteiger partial charge in [-0.25, -0.2) is 13.1 Å². The van der Waals surface area contributed by atoms with Gasteiger partial charge in [0.1, 0.15) is 0 Å². The second-order valence-electron chi connectivity index (χ2n) is 4.72. The van der Waals surface area contributed by atoms with Crippen molar-refractivity contribution in [3.8, 4) is 0 Å². The molecular weight excluding hydrogens is 316 g/mol. The number of nitrogens with one attached hydrogen (secondary N) is 1. The molecule has 1 fully saturated rings. The monoisotopic (exact) mass is 332 g/mol. The number of hydrogen-bond acceptors (Lipinski definition) is 3. The Bertz CT molecular complexity index is 541. The van der Waals surface area contributed by atoms with Gasteiger partial charge in [-0.3, -0.25) is 0 Å². The molecule has 1 saturated carbocycles. The molecule has 100 valence electrons. The highest BCUT2D eigenvalue weighted by atomic mass is 79.9. The van der Waals surface area contributed by atoms with Crippen LogP contribution in [0.5, 0.6) is 0 Å². The van der Waals surface area contributed by atoms with Crippen molar-refractivity contribution >= 4 is 26.0 Å². The third-order valence-electron chi connectivity index (χ3n) is 3.19. The molecule has 0 aliphatic heterocycles. The molecule has 0 saturated heterocycles. The maximum absolute atomic E-state index is 12.2. The number of nitrogens with two attached hydrogens (primary N) is 1. The van der Waals surface area contributed by atoms with Gasteiger partial charge in [-0.1, -0.05) is 6.07 Å². The van der Waals surface area contributed by atoms with E-state index in [4.69, 9.17) is 5.73 Å². The van der Waals surface area contributed by atoms with Crippen LogP contribution >= 0.6 is 15.9 Å². The van der Waals surface area contributed by atoms with E-state index in [2.05, 4.69) is 20.7 Å². The van der Waals surface area contributed by atoms with E-state index in [1.165, 1.54) is 0 Å². The summed E-state index contributed by atoms with van der Waals surface area (Å²) in [5.41, 5.74) is 6.42. The average Bonchev–Trinajstić information content (AvgIpc) is 3.11. The Morgan fingerprint density at radius 1 is 1.50 bits per heavy atom. The summed E-state index contributed by atoms with van der Waals surface area (Å²) in [5.74, 6) is 0.488. The predicted octanol–water partition coefficient (Wildman–Crippen LogP) is 1.98. The summed E-state index contributed by atoms with van der Waals surface area (Å²) >= 11 is 3.29. The molecule has 4 nitrogen and oxygen atoms in total. The molecule has 1 atom stereocenters. The molecule has 0 radical (unpaired) electrons. The molecule has 0 bridgehead atoms. The van der Waals surface area contributed by atoms with E-state index in [0.717, 1.165) is 18.4 Å². The Kier molecular flexibility index (Phi) is 4.11. The Morgan fingerprint density at radius 3 is 2.67 bits per heavy atom. The third-order valence-corrected chi connectivity index (χ3v) is 5.73. The summed E-state index contributed by atoms with van der Waals surface area (Å²) in [6.07, 6.45) is 2.22. The molecule has 0 aromatic heterocycles. The van der Waals surface area contributed by atoms with E-state index < -0.39 is 10.0 Å². The first-order chi connectivity index (χ1) is 8.44. The fourth-order valence-corrected chi connectivity index (χ4v) is 4.33. The summed E-state index contributed by atoms with van der Waals surface area (Å²) < 4.78 is 27.7. The zero-order chi connectivity index (χ0) is 13.3. The molecule has 2 rings (SSSR count). The fourth-order valence-electron chi connectivity index (χ4n) is 1.89. The normalized spacial score (nSPS) is 17.7. The van der Waals surface area contributed by atoms with E-state index >= 15 is 0 Å². The maximum Gasteiger partial charge on any atom is 0.241 e. The highest BCUT2D eigenvalue weighted by molar-refractivity contribution is 9.10. The van der Waals surface area contributed by atoms with Gasteiger partial charge in [0.25, 0.3) is 0 Å². The lowest BCUT2D eigenvalue weighted by Gasteiger charge is -2.14. The largest absolute Gasteiger partial charge is 0.326 e. The Hall–Kier alpha value is -0.430. The zero-order valence-electron chi connectivity index (χ0n) is 10.2. The lowest BCUT2D eigenvalue weighted by atomic mass is 10.2. The van der Waals surface area contributed by atoms with Crippen LogP contribution in [-0.4, -0.2) is 14.5 Å². The SMILES string of the molecule is CC(NS(=O)(=O)c1ccc(CN)cc1Br)C1CC1. The maximum atomic E-state index is 12.2. The molecule has 1 unspecified atom stereocenters. The van der Waals surface area contributed by atoms with Crippen molar-refractivity contribution < 1.29 is 8.42 Å². The molecule has 1 aliphatic rings. The van der Waals surface area contributed by atoms with E-state index in [1.54, 1.807) is 18.2 Å².